The summed E-state index contributed by atoms with van der Waals surface area (Å²) in [7, 11) is 0. The van der Waals surface area contributed by atoms with Crippen LogP contribution in [-0.4, -0.2) is 29.3 Å². The monoisotopic (exact) mass is 414 g/mol. The molecule has 1 unspecified atom stereocenters. The Balaban J connectivity index is 2.30. The Morgan fingerprint density at radius 1 is 1.03 bits per heavy atom. The van der Waals surface area contributed by atoms with Crippen LogP contribution in [0.1, 0.15) is 43.9 Å². The van der Waals surface area contributed by atoms with Crippen molar-refractivity contribution in [2.24, 2.45) is 5.92 Å². The van der Waals surface area contributed by atoms with E-state index in [1.54, 1.807) is 11.0 Å². The van der Waals surface area contributed by atoms with E-state index in [-0.39, 0.29) is 18.2 Å². The maximum Gasteiger partial charge on any atom is 0.242 e. The molecule has 0 bridgehead atoms. The van der Waals surface area contributed by atoms with Crippen molar-refractivity contribution in [2.75, 3.05) is 6.54 Å². The number of halogens is 1. The van der Waals surface area contributed by atoms with E-state index in [9.17, 15) is 9.59 Å². The van der Waals surface area contributed by atoms with Crippen molar-refractivity contribution in [3.8, 4) is 0 Å². The highest BCUT2D eigenvalue weighted by atomic mass is 35.5. The van der Waals surface area contributed by atoms with Gasteiger partial charge in [-0.3, -0.25) is 9.59 Å². The van der Waals surface area contributed by atoms with Gasteiger partial charge in [-0.05, 0) is 42.0 Å². The van der Waals surface area contributed by atoms with Gasteiger partial charge in [-0.1, -0.05) is 74.8 Å². The second kappa shape index (κ2) is 11.0. The number of benzene rings is 2. The largest absolute Gasteiger partial charge is 0.354 e. The summed E-state index contributed by atoms with van der Waals surface area (Å²) < 4.78 is 0. The minimum absolute atomic E-state index is 0.104. The second-order valence-corrected chi connectivity index (χ2v) is 8.19. The molecule has 0 saturated heterocycles. The van der Waals surface area contributed by atoms with E-state index >= 15 is 0 Å². The van der Waals surface area contributed by atoms with Crippen LogP contribution in [0.2, 0.25) is 5.02 Å². The topological polar surface area (TPSA) is 49.4 Å². The third-order valence-corrected chi connectivity index (χ3v) is 5.34. The normalized spacial score (nSPS) is 11.9. The number of nitrogens with one attached hydrogen (secondary N) is 1. The molecular formula is C24H31ClN2O2. The van der Waals surface area contributed by atoms with E-state index in [0.717, 1.165) is 16.7 Å². The van der Waals surface area contributed by atoms with E-state index < -0.39 is 6.04 Å². The van der Waals surface area contributed by atoms with E-state index in [4.69, 9.17) is 11.6 Å². The summed E-state index contributed by atoms with van der Waals surface area (Å²) in [5, 5.41) is 3.55. The molecular weight excluding hydrogens is 384 g/mol. The SMILES string of the molecule is CCC(C(=O)NCC(C)C)N(Cc1ccccc1C)C(=O)Cc1ccccc1Cl. The van der Waals surface area contributed by atoms with Crippen LogP contribution in [0, 0.1) is 12.8 Å². The molecule has 0 fully saturated rings. The molecule has 0 aliphatic carbocycles. The number of rotatable bonds is 9. The minimum Gasteiger partial charge on any atom is -0.354 e. The number of nitrogens with zero attached hydrogens (tertiary/aromatic N) is 1. The van der Waals surface area contributed by atoms with E-state index in [2.05, 4.69) is 19.2 Å². The molecule has 2 rings (SSSR count). The van der Waals surface area contributed by atoms with Crippen LogP contribution in [0.25, 0.3) is 0 Å². The Labute approximate surface area is 179 Å². The molecule has 2 aromatic rings. The highest BCUT2D eigenvalue weighted by Crippen LogP contribution is 2.20. The van der Waals surface area contributed by atoms with Gasteiger partial charge in [-0.25, -0.2) is 0 Å². The molecule has 2 aromatic carbocycles. The Morgan fingerprint density at radius 2 is 1.66 bits per heavy atom. The summed E-state index contributed by atoms with van der Waals surface area (Å²) in [6, 6.07) is 14.8. The molecule has 0 aromatic heterocycles. The third kappa shape index (κ3) is 6.60. The zero-order chi connectivity index (χ0) is 21.4. The number of amides is 2. The van der Waals surface area contributed by atoms with Crippen LogP contribution in [-0.2, 0) is 22.6 Å². The zero-order valence-electron chi connectivity index (χ0n) is 17.7. The molecule has 1 N–H and O–H groups in total. The van der Waals surface area contributed by atoms with Crippen LogP contribution in [0.3, 0.4) is 0 Å². The molecule has 5 heteroatoms. The fourth-order valence-electron chi connectivity index (χ4n) is 3.22. The van der Waals surface area contributed by atoms with Gasteiger partial charge in [0.1, 0.15) is 6.04 Å². The van der Waals surface area contributed by atoms with Crippen LogP contribution < -0.4 is 5.32 Å². The Bertz CT molecular complexity index is 835. The molecule has 0 spiro atoms. The van der Waals surface area contributed by atoms with Crippen molar-refractivity contribution in [2.45, 2.75) is 53.1 Å². The third-order valence-electron chi connectivity index (χ3n) is 4.97. The summed E-state index contributed by atoms with van der Waals surface area (Å²) in [4.78, 5) is 27.9. The average molecular weight is 415 g/mol. The molecule has 0 radical (unpaired) electrons. The van der Waals surface area contributed by atoms with Gasteiger partial charge in [-0.2, -0.15) is 0 Å². The molecule has 0 aliphatic rings. The lowest BCUT2D eigenvalue weighted by molar-refractivity contribution is -0.141. The van der Waals surface area contributed by atoms with Crippen molar-refractivity contribution in [3.05, 3.63) is 70.2 Å². The standard InChI is InChI=1S/C24H31ClN2O2/c1-5-22(24(29)26-15-17(2)3)27(16-20-12-7-6-10-18(20)4)23(28)14-19-11-8-9-13-21(19)25/h6-13,17,22H,5,14-16H2,1-4H3,(H,26,29). The fraction of sp³-hybridized carbons (Fsp3) is 0.417. The molecule has 0 saturated carbocycles. The van der Waals surface area contributed by atoms with Gasteiger partial charge < -0.3 is 10.2 Å². The lowest BCUT2D eigenvalue weighted by Crippen LogP contribution is -2.50. The Kier molecular flexibility index (Phi) is 8.71. The number of aryl methyl sites for hydroxylation is 1. The Morgan fingerprint density at radius 3 is 2.24 bits per heavy atom. The van der Waals surface area contributed by atoms with Crippen LogP contribution in [0.4, 0.5) is 0 Å². The first kappa shape index (κ1) is 23.0. The summed E-state index contributed by atoms with van der Waals surface area (Å²) in [6.45, 7) is 9.04. The molecule has 2 amide bonds. The fourth-order valence-corrected chi connectivity index (χ4v) is 3.42. The lowest BCUT2D eigenvalue weighted by atomic mass is 10.0. The van der Waals surface area contributed by atoms with Gasteiger partial charge in [0, 0.05) is 18.1 Å². The second-order valence-electron chi connectivity index (χ2n) is 7.78. The van der Waals surface area contributed by atoms with Crippen molar-refractivity contribution >= 4 is 23.4 Å². The zero-order valence-corrected chi connectivity index (χ0v) is 18.5. The number of hydrogen-bond donors (Lipinski definition) is 1. The maximum atomic E-state index is 13.3. The van der Waals surface area contributed by atoms with E-state index in [0.29, 0.717) is 30.5 Å². The van der Waals surface area contributed by atoms with Gasteiger partial charge >= 0.3 is 0 Å². The summed E-state index contributed by atoms with van der Waals surface area (Å²) in [6.07, 6.45) is 0.712. The van der Waals surface area contributed by atoms with Crippen LogP contribution >= 0.6 is 11.6 Å². The minimum atomic E-state index is -0.525. The average Bonchev–Trinajstić information content (AvgIpc) is 2.69. The predicted molar refractivity (Wildman–Crippen MR) is 119 cm³/mol. The molecule has 0 heterocycles. The van der Waals surface area contributed by atoms with E-state index in [1.165, 1.54) is 0 Å². The first-order chi connectivity index (χ1) is 13.8. The number of carbonyl (C=O) groups excluding carboxylic acids is 2. The quantitative estimate of drug-likeness (QED) is 0.642. The van der Waals surface area contributed by atoms with Crippen molar-refractivity contribution in [1.82, 2.24) is 10.2 Å². The highest BCUT2D eigenvalue weighted by molar-refractivity contribution is 6.31. The smallest absolute Gasteiger partial charge is 0.242 e. The van der Waals surface area contributed by atoms with Gasteiger partial charge in [0.05, 0.1) is 6.42 Å². The van der Waals surface area contributed by atoms with Crippen LogP contribution in [0.15, 0.2) is 48.5 Å². The van der Waals surface area contributed by atoms with Crippen molar-refractivity contribution in [3.63, 3.8) is 0 Å². The summed E-state index contributed by atoms with van der Waals surface area (Å²) >= 11 is 6.27. The molecule has 156 valence electrons. The van der Waals surface area contributed by atoms with Gasteiger partial charge in [0.15, 0.2) is 0 Å². The van der Waals surface area contributed by atoms with Gasteiger partial charge in [0.25, 0.3) is 0 Å². The molecule has 0 aliphatic heterocycles. The molecule has 4 nitrogen and oxygen atoms in total. The lowest BCUT2D eigenvalue weighted by Gasteiger charge is -2.31. The van der Waals surface area contributed by atoms with Crippen LogP contribution in [0.5, 0.6) is 0 Å². The number of hydrogen-bond acceptors (Lipinski definition) is 2. The van der Waals surface area contributed by atoms with Gasteiger partial charge in [-0.15, -0.1) is 0 Å². The molecule has 1 atom stereocenters. The van der Waals surface area contributed by atoms with Gasteiger partial charge in [0.2, 0.25) is 11.8 Å². The van der Waals surface area contributed by atoms with E-state index in [1.807, 2.05) is 56.3 Å². The summed E-state index contributed by atoms with van der Waals surface area (Å²) in [5.41, 5.74) is 2.90. The highest BCUT2D eigenvalue weighted by Gasteiger charge is 2.29. The summed E-state index contributed by atoms with van der Waals surface area (Å²) in [5.74, 6) is 0.135. The maximum absolute atomic E-state index is 13.3. The number of carbonyl (C=O) groups is 2. The van der Waals surface area contributed by atoms with Crippen molar-refractivity contribution < 1.29 is 9.59 Å². The predicted octanol–water partition coefficient (Wildman–Crippen LogP) is 4.77. The first-order valence-corrected chi connectivity index (χ1v) is 10.6. The molecule has 29 heavy (non-hydrogen) atoms. The van der Waals surface area contributed by atoms with Crippen molar-refractivity contribution in [1.29, 1.82) is 0 Å². The Hall–Kier alpha value is -2.33. The first-order valence-electron chi connectivity index (χ1n) is 10.2.